The number of nitrogens with one attached hydrogen (secondary N) is 2. The van der Waals surface area contributed by atoms with Gasteiger partial charge < -0.3 is 4.98 Å². The number of hydrogen-bond acceptors (Lipinski definition) is 3. The van der Waals surface area contributed by atoms with Crippen LogP contribution < -0.4 is 5.56 Å². The van der Waals surface area contributed by atoms with E-state index in [1.54, 1.807) is 11.8 Å². The van der Waals surface area contributed by atoms with Crippen molar-refractivity contribution in [3.05, 3.63) is 32.5 Å². The molecule has 2 rings (SSSR count). The summed E-state index contributed by atoms with van der Waals surface area (Å²) < 4.78 is 0.403. The molecule has 2 N–H and O–H groups in total. The van der Waals surface area contributed by atoms with Gasteiger partial charge in [-0.3, -0.25) is 9.78 Å². The summed E-state index contributed by atoms with van der Waals surface area (Å²) in [5.41, 5.74) is 1.64. The second-order valence-corrected chi connectivity index (χ2v) is 4.87. The van der Waals surface area contributed by atoms with Gasteiger partial charge in [0.05, 0.1) is 5.69 Å². The first kappa shape index (κ1) is 10.7. The smallest absolute Gasteiger partial charge is 0.255 e. The van der Waals surface area contributed by atoms with Gasteiger partial charge in [0.15, 0.2) is 4.77 Å². The van der Waals surface area contributed by atoms with Crippen LogP contribution in [0, 0.1) is 4.77 Å². The van der Waals surface area contributed by atoms with E-state index in [0.29, 0.717) is 11.2 Å². The third-order valence-electron chi connectivity index (χ3n) is 2.35. The Morgan fingerprint density at radius 1 is 1.53 bits per heavy atom. The van der Waals surface area contributed by atoms with Crippen molar-refractivity contribution < 1.29 is 0 Å². The molecule has 0 fully saturated rings. The van der Waals surface area contributed by atoms with Crippen LogP contribution >= 0.6 is 24.0 Å². The molecule has 80 valence electrons. The summed E-state index contributed by atoms with van der Waals surface area (Å²) in [5.74, 6) is 1.09. The molecule has 0 radical (unpaired) electrons. The highest BCUT2D eigenvalue weighted by Gasteiger charge is 2.14. The summed E-state index contributed by atoms with van der Waals surface area (Å²) in [5, 5.41) is 0. The van der Waals surface area contributed by atoms with Crippen molar-refractivity contribution >= 4 is 28.9 Å². The molecule has 0 unspecified atom stereocenters. The number of H-pyrrole nitrogens is 2. The molecule has 0 saturated carbocycles. The molecule has 0 aliphatic carbocycles. The fourth-order valence-electron chi connectivity index (χ4n) is 1.65. The van der Waals surface area contributed by atoms with Crippen molar-refractivity contribution in [2.24, 2.45) is 0 Å². The zero-order valence-corrected chi connectivity index (χ0v) is 10.1. The van der Waals surface area contributed by atoms with Crippen LogP contribution in [0.3, 0.4) is 0 Å². The summed E-state index contributed by atoms with van der Waals surface area (Å²) in [6.07, 6.45) is 3.94. The molecule has 0 atom stereocenters. The van der Waals surface area contributed by atoms with Gasteiger partial charge in [-0.25, -0.2) is 0 Å². The maximum absolute atomic E-state index is 11.7. The second-order valence-electron chi connectivity index (χ2n) is 3.32. The van der Waals surface area contributed by atoms with Crippen LogP contribution in [0.1, 0.15) is 24.6 Å². The molecule has 0 bridgehead atoms. The first-order valence-electron chi connectivity index (χ1n) is 4.91. The Bertz CT molecular complexity index is 513. The van der Waals surface area contributed by atoms with E-state index in [1.165, 1.54) is 0 Å². The van der Waals surface area contributed by atoms with E-state index in [1.807, 2.05) is 6.92 Å². The van der Waals surface area contributed by atoms with Gasteiger partial charge in [-0.05, 0) is 25.1 Å². The Morgan fingerprint density at radius 2 is 2.33 bits per heavy atom. The van der Waals surface area contributed by atoms with Crippen LogP contribution in [-0.2, 0) is 6.42 Å². The standard InChI is InChI=1S/C10H12N2OS2/c1-2-6-8(7-4-3-5-15-7)11-10(14)12-9(6)13/h4H,2-3,5H2,1H3,(H2,11,12,13,14). The Kier molecular flexibility index (Phi) is 3.11. The van der Waals surface area contributed by atoms with Gasteiger partial charge in [0.2, 0.25) is 0 Å². The minimum atomic E-state index is -0.0651. The van der Waals surface area contributed by atoms with Crippen molar-refractivity contribution in [2.75, 3.05) is 5.75 Å². The Morgan fingerprint density at radius 3 is 2.93 bits per heavy atom. The zero-order valence-electron chi connectivity index (χ0n) is 8.42. The van der Waals surface area contributed by atoms with Gasteiger partial charge in [-0.15, -0.1) is 11.8 Å². The van der Waals surface area contributed by atoms with E-state index in [4.69, 9.17) is 12.2 Å². The SMILES string of the molecule is CCc1c(C2=CCCS2)[nH]c(=S)[nH]c1=O. The predicted octanol–water partition coefficient (Wildman–Crippen LogP) is 2.47. The van der Waals surface area contributed by atoms with Gasteiger partial charge in [-0.2, -0.15) is 0 Å². The lowest BCUT2D eigenvalue weighted by Crippen LogP contribution is -2.16. The molecule has 1 aliphatic rings. The molecule has 1 aromatic rings. The molecular formula is C10H12N2OS2. The van der Waals surface area contributed by atoms with Gasteiger partial charge >= 0.3 is 0 Å². The molecule has 5 heteroatoms. The van der Waals surface area contributed by atoms with E-state index >= 15 is 0 Å². The molecule has 1 aromatic heterocycles. The van der Waals surface area contributed by atoms with Crippen LogP contribution in [-0.4, -0.2) is 15.7 Å². The van der Waals surface area contributed by atoms with Crippen molar-refractivity contribution in [1.29, 1.82) is 0 Å². The van der Waals surface area contributed by atoms with E-state index < -0.39 is 0 Å². The lowest BCUT2D eigenvalue weighted by molar-refractivity contribution is 0.976. The minimum Gasteiger partial charge on any atom is -0.331 e. The lowest BCUT2D eigenvalue weighted by atomic mass is 10.1. The highest BCUT2D eigenvalue weighted by Crippen LogP contribution is 2.33. The zero-order chi connectivity index (χ0) is 10.8. The molecule has 0 saturated heterocycles. The third kappa shape index (κ3) is 2.08. The van der Waals surface area contributed by atoms with Gasteiger partial charge in [-0.1, -0.05) is 13.0 Å². The minimum absolute atomic E-state index is 0.0651. The molecule has 0 spiro atoms. The van der Waals surface area contributed by atoms with Gasteiger partial charge in [0.1, 0.15) is 0 Å². The number of thioether (sulfide) groups is 1. The van der Waals surface area contributed by atoms with Crippen molar-refractivity contribution in [3.63, 3.8) is 0 Å². The molecular weight excluding hydrogens is 228 g/mol. The molecule has 1 aliphatic heterocycles. The van der Waals surface area contributed by atoms with Crippen LogP contribution in [0.2, 0.25) is 0 Å². The van der Waals surface area contributed by atoms with Crippen LogP contribution in [0.5, 0.6) is 0 Å². The maximum atomic E-state index is 11.7. The van der Waals surface area contributed by atoms with Gasteiger partial charge in [0, 0.05) is 16.2 Å². The Hall–Kier alpha value is -0.810. The highest BCUT2D eigenvalue weighted by atomic mass is 32.2. The summed E-state index contributed by atoms with van der Waals surface area (Å²) in [7, 11) is 0. The predicted molar refractivity (Wildman–Crippen MR) is 66.7 cm³/mol. The fraction of sp³-hybridized carbons (Fsp3) is 0.400. The lowest BCUT2D eigenvalue weighted by Gasteiger charge is -2.06. The quantitative estimate of drug-likeness (QED) is 0.781. The number of hydrogen-bond donors (Lipinski definition) is 2. The maximum Gasteiger partial charge on any atom is 0.255 e. The number of aromatic nitrogens is 2. The number of allylic oxidation sites excluding steroid dienone is 1. The molecule has 0 amide bonds. The van der Waals surface area contributed by atoms with Crippen LogP contribution in [0.15, 0.2) is 10.9 Å². The largest absolute Gasteiger partial charge is 0.331 e. The Balaban J connectivity index is 2.63. The molecule has 0 aromatic carbocycles. The second kappa shape index (κ2) is 4.37. The molecule has 3 nitrogen and oxygen atoms in total. The summed E-state index contributed by atoms with van der Waals surface area (Å²) in [6.45, 7) is 1.98. The Labute approximate surface area is 97.0 Å². The van der Waals surface area contributed by atoms with E-state index in [-0.39, 0.29) is 5.56 Å². The summed E-state index contributed by atoms with van der Waals surface area (Å²) in [6, 6.07) is 0. The topological polar surface area (TPSA) is 48.6 Å². The normalized spacial score (nSPS) is 15.4. The molecule has 15 heavy (non-hydrogen) atoms. The van der Waals surface area contributed by atoms with Crippen molar-refractivity contribution in [1.82, 2.24) is 9.97 Å². The third-order valence-corrected chi connectivity index (χ3v) is 3.67. The fourth-order valence-corrected chi connectivity index (χ4v) is 2.86. The first-order chi connectivity index (χ1) is 7.22. The van der Waals surface area contributed by atoms with Crippen molar-refractivity contribution in [3.8, 4) is 0 Å². The average molecular weight is 240 g/mol. The molecule has 2 heterocycles. The number of aromatic amines is 2. The van der Waals surface area contributed by atoms with Gasteiger partial charge in [0.25, 0.3) is 5.56 Å². The van der Waals surface area contributed by atoms with E-state index in [2.05, 4.69) is 16.0 Å². The van der Waals surface area contributed by atoms with Crippen LogP contribution in [0.4, 0.5) is 0 Å². The average Bonchev–Trinajstić information content (AvgIpc) is 2.69. The van der Waals surface area contributed by atoms with Crippen molar-refractivity contribution in [2.45, 2.75) is 19.8 Å². The summed E-state index contributed by atoms with van der Waals surface area (Å²) in [4.78, 5) is 18.5. The number of rotatable bonds is 2. The summed E-state index contributed by atoms with van der Waals surface area (Å²) >= 11 is 6.76. The van der Waals surface area contributed by atoms with E-state index in [9.17, 15) is 4.79 Å². The van der Waals surface area contributed by atoms with Crippen LogP contribution in [0.25, 0.3) is 4.91 Å². The highest BCUT2D eigenvalue weighted by molar-refractivity contribution is 8.08. The first-order valence-corrected chi connectivity index (χ1v) is 6.30. The monoisotopic (exact) mass is 240 g/mol. The van der Waals surface area contributed by atoms with E-state index in [0.717, 1.165) is 28.3 Å².